The molecule has 0 radical (unpaired) electrons. The zero-order valence-corrected chi connectivity index (χ0v) is 8.29. The molecule has 0 saturated heterocycles. The maximum absolute atomic E-state index is 5.62. The monoisotopic (exact) mass is 174 g/mol. The molecule has 0 saturated carbocycles. The molecule has 0 atom stereocenters. The summed E-state index contributed by atoms with van der Waals surface area (Å²) in [7, 11) is 0. The highest BCUT2D eigenvalue weighted by atomic mass is 16.5. The van der Waals surface area contributed by atoms with Gasteiger partial charge in [-0.05, 0) is 32.4 Å². The van der Waals surface area contributed by atoms with Crippen molar-refractivity contribution < 1.29 is 4.74 Å². The van der Waals surface area contributed by atoms with Gasteiger partial charge in [0.2, 0.25) is 0 Å². The van der Waals surface area contributed by atoms with Crippen LogP contribution in [0.4, 0.5) is 0 Å². The fourth-order valence-corrected chi connectivity index (χ4v) is 1.16. The van der Waals surface area contributed by atoms with Crippen molar-refractivity contribution in [1.29, 1.82) is 0 Å². The number of benzene rings is 1. The van der Waals surface area contributed by atoms with E-state index in [1.807, 2.05) is 39.0 Å². The van der Waals surface area contributed by atoms with Crippen molar-refractivity contribution in [2.75, 3.05) is 0 Å². The second-order valence-electron chi connectivity index (χ2n) is 3.26. The minimum atomic E-state index is 0.160. The molecule has 1 aromatic carbocycles. The highest BCUT2D eigenvalue weighted by Gasteiger charge is 2.05. The van der Waals surface area contributed by atoms with Crippen molar-refractivity contribution in [2.45, 2.75) is 26.9 Å². The van der Waals surface area contributed by atoms with Crippen LogP contribution in [-0.4, -0.2) is 6.10 Å². The van der Waals surface area contributed by atoms with E-state index in [0.717, 1.165) is 16.9 Å². The maximum Gasteiger partial charge on any atom is 0.138 e. The van der Waals surface area contributed by atoms with Gasteiger partial charge in [-0.25, -0.2) is 0 Å². The molecule has 0 heterocycles. The zero-order valence-electron chi connectivity index (χ0n) is 8.29. The Bertz CT molecular complexity index is 331. The Morgan fingerprint density at radius 2 is 2.08 bits per heavy atom. The molecule has 1 nitrogen and oxygen atoms in total. The van der Waals surface area contributed by atoms with Gasteiger partial charge in [0, 0.05) is 0 Å². The van der Waals surface area contributed by atoms with Gasteiger partial charge in [0.1, 0.15) is 5.75 Å². The molecule has 0 N–H and O–H groups in total. The summed E-state index contributed by atoms with van der Waals surface area (Å²) in [6.07, 6.45) is 5.53. The van der Waals surface area contributed by atoms with Crippen LogP contribution in [-0.2, 0) is 0 Å². The van der Waals surface area contributed by atoms with E-state index in [9.17, 15) is 0 Å². The SMILES string of the molecule is C#Cc1cccc(C)c1OC(C)C. The number of terminal acetylenes is 1. The van der Waals surface area contributed by atoms with Gasteiger partial charge in [0.15, 0.2) is 0 Å². The molecule has 0 aliphatic heterocycles. The molecule has 0 spiro atoms. The van der Waals surface area contributed by atoms with Gasteiger partial charge in [-0.15, -0.1) is 6.42 Å². The lowest BCUT2D eigenvalue weighted by atomic mass is 10.1. The Morgan fingerprint density at radius 3 is 2.62 bits per heavy atom. The Labute approximate surface area is 79.7 Å². The summed E-state index contributed by atoms with van der Waals surface area (Å²) in [4.78, 5) is 0. The van der Waals surface area contributed by atoms with Gasteiger partial charge in [-0.1, -0.05) is 18.1 Å². The van der Waals surface area contributed by atoms with Gasteiger partial charge in [0.25, 0.3) is 0 Å². The largest absolute Gasteiger partial charge is 0.489 e. The lowest BCUT2D eigenvalue weighted by Crippen LogP contribution is -2.07. The summed E-state index contributed by atoms with van der Waals surface area (Å²) in [5.41, 5.74) is 1.91. The Balaban J connectivity index is 3.10. The molecule has 1 heteroatoms. The van der Waals surface area contributed by atoms with Crippen molar-refractivity contribution in [3.8, 4) is 18.1 Å². The standard InChI is InChI=1S/C12H14O/c1-5-11-8-6-7-10(4)12(11)13-9(2)3/h1,6-9H,2-4H3. The minimum absolute atomic E-state index is 0.160. The third-order valence-electron chi connectivity index (χ3n) is 1.72. The molecule has 1 rings (SSSR count). The third kappa shape index (κ3) is 2.26. The van der Waals surface area contributed by atoms with E-state index in [0.29, 0.717) is 0 Å². The van der Waals surface area contributed by atoms with Crippen LogP contribution in [0.2, 0.25) is 0 Å². The molecule has 0 aromatic heterocycles. The van der Waals surface area contributed by atoms with Gasteiger partial charge in [-0.2, -0.15) is 0 Å². The first kappa shape index (κ1) is 9.67. The van der Waals surface area contributed by atoms with Crippen molar-refractivity contribution in [3.05, 3.63) is 29.3 Å². The minimum Gasteiger partial charge on any atom is -0.489 e. The lowest BCUT2D eigenvalue weighted by Gasteiger charge is -2.13. The lowest BCUT2D eigenvalue weighted by molar-refractivity contribution is 0.240. The average Bonchev–Trinajstić information content (AvgIpc) is 2.08. The molecule has 0 bridgehead atoms. The number of hydrogen-bond donors (Lipinski definition) is 0. The quantitative estimate of drug-likeness (QED) is 0.626. The smallest absolute Gasteiger partial charge is 0.138 e. The summed E-state index contributed by atoms with van der Waals surface area (Å²) in [6, 6.07) is 5.83. The van der Waals surface area contributed by atoms with Gasteiger partial charge in [0.05, 0.1) is 11.7 Å². The number of hydrogen-bond acceptors (Lipinski definition) is 1. The van der Waals surface area contributed by atoms with Crippen molar-refractivity contribution >= 4 is 0 Å². The molecule has 0 aliphatic carbocycles. The molecular weight excluding hydrogens is 160 g/mol. The van der Waals surface area contributed by atoms with E-state index in [-0.39, 0.29) is 6.10 Å². The molecule has 13 heavy (non-hydrogen) atoms. The highest BCUT2D eigenvalue weighted by molar-refractivity contribution is 5.49. The molecule has 68 valence electrons. The second-order valence-corrected chi connectivity index (χ2v) is 3.26. The summed E-state index contributed by atoms with van der Waals surface area (Å²) in [6.45, 7) is 5.98. The van der Waals surface area contributed by atoms with Crippen molar-refractivity contribution in [2.24, 2.45) is 0 Å². The van der Waals surface area contributed by atoms with E-state index in [2.05, 4.69) is 5.92 Å². The molecule has 0 amide bonds. The van der Waals surface area contributed by atoms with Crippen LogP contribution in [0.25, 0.3) is 0 Å². The Kier molecular flexibility index (Phi) is 2.97. The molecular formula is C12H14O. The predicted molar refractivity (Wildman–Crippen MR) is 54.9 cm³/mol. The van der Waals surface area contributed by atoms with E-state index in [1.165, 1.54) is 0 Å². The van der Waals surface area contributed by atoms with Gasteiger partial charge in [-0.3, -0.25) is 0 Å². The summed E-state index contributed by atoms with van der Waals surface area (Å²) >= 11 is 0. The zero-order chi connectivity index (χ0) is 9.84. The number of rotatable bonds is 2. The van der Waals surface area contributed by atoms with Crippen LogP contribution >= 0.6 is 0 Å². The average molecular weight is 174 g/mol. The molecule has 0 aliphatic rings. The topological polar surface area (TPSA) is 9.23 Å². The fraction of sp³-hybridized carbons (Fsp3) is 0.333. The number of aryl methyl sites for hydroxylation is 1. The van der Waals surface area contributed by atoms with Gasteiger partial charge >= 0.3 is 0 Å². The molecule has 0 unspecified atom stereocenters. The van der Waals surface area contributed by atoms with Crippen LogP contribution in [0.15, 0.2) is 18.2 Å². The number of ether oxygens (including phenoxy) is 1. The van der Waals surface area contributed by atoms with Gasteiger partial charge < -0.3 is 4.74 Å². The summed E-state index contributed by atoms with van der Waals surface area (Å²) in [5.74, 6) is 3.45. The summed E-state index contributed by atoms with van der Waals surface area (Å²) in [5, 5.41) is 0. The number of para-hydroxylation sites is 1. The second kappa shape index (κ2) is 4.00. The third-order valence-corrected chi connectivity index (χ3v) is 1.72. The van der Waals surface area contributed by atoms with Crippen LogP contribution < -0.4 is 4.74 Å². The van der Waals surface area contributed by atoms with Crippen LogP contribution in [0, 0.1) is 19.3 Å². The Hall–Kier alpha value is -1.42. The van der Waals surface area contributed by atoms with Crippen molar-refractivity contribution in [3.63, 3.8) is 0 Å². The van der Waals surface area contributed by atoms with E-state index in [4.69, 9.17) is 11.2 Å². The maximum atomic E-state index is 5.62. The van der Waals surface area contributed by atoms with E-state index >= 15 is 0 Å². The first-order valence-electron chi connectivity index (χ1n) is 4.38. The Morgan fingerprint density at radius 1 is 1.38 bits per heavy atom. The highest BCUT2D eigenvalue weighted by Crippen LogP contribution is 2.23. The van der Waals surface area contributed by atoms with E-state index in [1.54, 1.807) is 0 Å². The predicted octanol–water partition coefficient (Wildman–Crippen LogP) is 2.76. The first-order valence-corrected chi connectivity index (χ1v) is 4.38. The van der Waals surface area contributed by atoms with Crippen molar-refractivity contribution in [1.82, 2.24) is 0 Å². The first-order chi connectivity index (χ1) is 6.15. The van der Waals surface area contributed by atoms with Crippen LogP contribution in [0.3, 0.4) is 0 Å². The van der Waals surface area contributed by atoms with Crippen LogP contribution in [0.5, 0.6) is 5.75 Å². The fourth-order valence-electron chi connectivity index (χ4n) is 1.16. The van der Waals surface area contributed by atoms with E-state index < -0.39 is 0 Å². The summed E-state index contributed by atoms with van der Waals surface area (Å²) < 4.78 is 5.62. The molecule has 1 aromatic rings. The molecule has 0 fully saturated rings. The van der Waals surface area contributed by atoms with Crippen LogP contribution in [0.1, 0.15) is 25.0 Å². The normalized spacial score (nSPS) is 9.77.